The minimum Gasteiger partial charge on any atom is -0.452 e. The molecule has 0 bridgehead atoms. The molecule has 16 heavy (non-hydrogen) atoms. The van der Waals surface area contributed by atoms with E-state index in [2.05, 4.69) is 27.3 Å². The number of carbonyl (C=O) groups is 2. The number of hydrazine groups is 1. The van der Waals surface area contributed by atoms with E-state index in [1.165, 1.54) is 7.11 Å². The van der Waals surface area contributed by atoms with Crippen LogP contribution in [-0.2, 0) is 9.53 Å². The van der Waals surface area contributed by atoms with E-state index in [0.29, 0.717) is 0 Å². The number of carbonyl (C=O) groups excluding carboxylic acids is 2. The molecule has 2 amide bonds. The molecule has 0 spiro atoms. The molecule has 0 unspecified atom stereocenters. The summed E-state index contributed by atoms with van der Waals surface area (Å²) >= 11 is 2.19. The first kappa shape index (κ1) is 15.4. The predicted molar refractivity (Wildman–Crippen MR) is 68.8 cm³/mol. The third kappa shape index (κ3) is 4.97. The van der Waals surface area contributed by atoms with Crippen LogP contribution in [0.2, 0.25) is 0 Å². The first-order valence-corrected chi connectivity index (χ1v) is 6.18. The SMILES string of the molecule is CCC[C@@H](I)N(C)C(=O)CN(N)C(=O)OC. The number of ether oxygens (including phenoxy) is 1. The maximum absolute atomic E-state index is 11.7. The van der Waals surface area contributed by atoms with Gasteiger partial charge in [-0.1, -0.05) is 35.9 Å². The Balaban J connectivity index is 4.19. The quantitative estimate of drug-likeness (QED) is 0.201. The highest BCUT2D eigenvalue weighted by Gasteiger charge is 2.20. The lowest BCUT2D eigenvalue weighted by Gasteiger charge is -2.25. The number of alkyl halides is 1. The maximum Gasteiger partial charge on any atom is 0.424 e. The molecule has 7 heteroatoms. The van der Waals surface area contributed by atoms with Crippen LogP contribution in [0.15, 0.2) is 0 Å². The van der Waals surface area contributed by atoms with Gasteiger partial charge in [0.2, 0.25) is 5.91 Å². The van der Waals surface area contributed by atoms with Gasteiger partial charge in [0.15, 0.2) is 0 Å². The van der Waals surface area contributed by atoms with Gasteiger partial charge in [0.25, 0.3) is 0 Å². The molecule has 0 saturated heterocycles. The normalized spacial score (nSPS) is 11.8. The summed E-state index contributed by atoms with van der Waals surface area (Å²) < 4.78 is 4.50. The summed E-state index contributed by atoms with van der Waals surface area (Å²) in [6, 6.07) is 0. The van der Waals surface area contributed by atoms with Gasteiger partial charge in [0.1, 0.15) is 6.54 Å². The second kappa shape index (κ2) is 7.66. The maximum atomic E-state index is 11.7. The van der Waals surface area contributed by atoms with Crippen LogP contribution in [0.5, 0.6) is 0 Å². The summed E-state index contributed by atoms with van der Waals surface area (Å²) in [5, 5.41) is 0.758. The molecule has 0 rings (SSSR count). The van der Waals surface area contributed by atoms with E-state index in [0.717, 1.165) is 17.9 Å². The van der Waals surface area contributed by atoms with E-state index in [-0.39, 0.29) is 16.5 Å². The van der Waals surface area contributed by atoms with Gasteiger partial charge in [0.05, 0.1) is 11.2 Å². The Hall–Kier alpha value is -0.570. The van der Waals surface area contributed by atoms with Crippen molar-refractivity contribution in [1.82, 2.24) is 9.91 Å². The molecule has 0 aromatic rings. The monoisotopic (exact) mass is 343 g/mol. The Labute approximate surface area is 109 Å². The lowest BCUT2D eigenvalue weighted by atomic mass is 10.3. The van der Waals surface area contributed by atoms with E-state index in [1.54, 1.807) is 11.9 Å². The van der Waals surface area contributed by atoms with Gasteiger partial charge in [-0.2, -0.15) is 0 Å². The minimum atomic E-state index is -0.720. The van der Waals surface area contributed by atoms with Crippen molar-refractivity contribution in [3.8, 4) is 0 Å². The number of hydrogen-bond acceptors (Lipinski definition) is 4. The molecule has 0 fully saturated rings. The van der Waals surface area contributed by atoms with E-state index in [9.17, 15) is 9.59 Å². The molecule has 0 heterocycles. The lowest BCUT2D eigenvalue weighted by molar-refractivity contribution is -0.131. The third-order valence-electron chi connectivity index (χ3n) is 2.06. The number of methoxy groups -OCH3 is 1. The van der Waals surface area contributed by atoms with Gasteiger partial charge in [-0.25, -0.2) is 15.6 Å². The molecule has 2 N–H and O–H groups in total. The average Bonchev–Trinajstić information content (AvgIpc) is 2.26. The van der Waals surface area contributed by atoms with E-state index in [1.807, 2.05) is 6.92 Å². The van der Waals surface area contributed by atoms with Crippen molar-refractivity contribution in [2.45, 2.75) is 23.8 Å². The summed E-state index contributed by atoms with van der Waals surface area (Å²) in [6.07, 6.45) is 1.18. The van der Waals surface area contributed by atoms with Crippen LogP contribution in [0, 0.1) is 0 Å². The van der Waals surface area contributed by atoms with Crippen molar-refractivity contribution in [3.05, 3.63) is 0 Å². The van der Waals surface area contributed by atoms with Crippen molar-refractivity contribution < 1.29 is 14.3 Å². The van der Waals surface area contributed by atoms with Gasteiger partial charge in [0, 0.05) is 7.05 Å². The summed E-state index contributed by atoms with van der Waals surface area (Å²) in [6.45, 7) is 1.88. The second-order valence-electron chi connectivity index (χ2n) is 3.33. The Morgan fingerprint density at radius 2 is 2.06 bits per heavy atom. The zero-order chi connectivity index (χ0) is 12.7. The largest absolute Gasteiger partial charge is 0.452 e. The molecule has 0 aliphatic rings. The highest BCUT2D eigenvalue weighted by molar-refractivity contribution is 14.1. The summed E-state index contributed by atoms with van der Waals surface area (Å²) in [7, 11) is 2.91. The molecule has 0 aliphatic heterocycles. The van der Waals surface area contributed by atoms with Crippen LogP contribution >= 0.6 is 22.6 Å². The molecule has 94 valence electrons. The Morgan fingerprint density at radius 1 is 1.50 bits per heavy atom. The standard InChI is InChI=1S/C9H18IN3O3/c1-4-5-7(10)12(2)8(14)6-13(11)9(15)16-3/h7H,4-6,11H2,1-3H3/t7-/m0/s1. The first-order chi connectivity index (χ1) is 7.43. The molecule has 0 radical (unpaired) electrons. The fraction of sp³-hybridized carbons (Fsp3) is 0.778. The smallest absolute Gasteiger partial charge is 0.424 e. The number of amides is 2. The Kier molecular flexibility index (Phi) is 7.39. The molecular formula is C9H18IN3O3. The molecule has 0 aromatic carbocycles. The number of rotatable bonds is 5. The van der Waals surface area contributed by atoms with Crippen molar-refractivity contribution in [2.75, 3.05) is 20.7 Å². The number of nitrogens with zero attached hydrogens (tertiary/aromatic N) is 2. The van der Waals surface area contributed by atoms with Crippen molar-refractivity contribution in [1.29, 1.82) is 0 Å². The first-order valence-electron chi connectivity index (χ1n) is 4.93. The number of likely N-dealkylation sites (N-methyl/N-ethyl adjacent to an activating group) is 1. The van der Waals surface area contributed by atoms with Crippen molar-refractivity contribution in [2.24, 2.45) is 5.84 Å². The summed E-state index contributed by atoms with van der Waals surface area (Å²) in [4.78, 5) is 24.2. The Bertz CT molecular complexity index is 250. The topological polar surface area (TPSA) is 75.9 Å². The van der Waals surface area contributed by atoms with Gasteiger partial charge >= 0.3 is 6.09 Å². The third-order valence-corrected chi connectivity index (χ3v) is 3.51. The van der Waals surface area contributed by atoms with Crippen LogP contribution in [0.3, 0.4) is 0 Å². The fourth-order valence-electron chi connectivity index (χ4n) is 1.03. The molecule has 0 saturated carbocycles. The van der Waals surface area contributed by atoms with Crippen LogP contribution < -0.4 is 5.84 Å². The number of halogens is 1. The van der Waals surface area contributed by atoms with Crippen LogP contribution in [0.25, 0.3) is 0 Å². The van der Waals surface area contributed by atoms with Crippen LogP contribution in [0.4, 0.5) is 4.79 Å². The average molecular weight is 343 g/mol. The lowest BCUT2D eigenvalue weighted by Crippen LogP contribution is -2.46. The summed E-state index contributed by atoms with van der Waals surface area (Å²) in [5.74, 6) is 5.14. The van der Waals surface area contributed by atoms with Crippen LogP contribution in [-0.4, -0.2) is 46.7 Å². The zero-order valence-corrected chi connectivity index (χ0v) is 11.9. The van der Waals surface area contributed by atoms with Crippen molar-refractivity contribution >= 4 is 34.6 Å². The zero-order valence-electron chi connectivity index (χ0n) is 9.77. The molecule has 1 atom stereocenters. The van der Waals surface area contributed by atoms with Crippen molar-refractivity contribution in [3.63, 3.8) is 0 Å². The van der Waals surface area contributed by atoms with E-state index < -0.39 is 6.09 Å². The molecule has 6 nitrogen and oxygen atoms in total. The molecule has 0 aromatic heterocycles. The summed E-state index contributed by atoms with van der Waals surface area (Å²) in [5.41, 5.74) is 0. The number of nitrogens with two attached hydrogens (primary N) is 1. The van der Waals surface area contributed by atoms with E-state index in [4.69, 9.17) is 5.84 Å². The van der Waals surface area contributed by atoms with Crippen LogP contribution in [0.1, 0.15) is 19.8 Å². The number of hydrogen-bond donors (Lipinski definition) is 1. The van der Waals surface area contributed by atoms with Gasteiger partial charge < -0.3 is 9.64 Å². The van der Waals surface area contributed by atoms with Gasteiger partial charge in [-0.3, -0.25) is 4.79 Å². The highest BCUT2D eigenvalue weighted by atomic mass is 127. The van der Waals surface area contributed by atoms with E-state index >= 15 is 0 Å². The Morgan fingerprint density at radius 3 is 2.50 bits per heavy atom. The minimum absolute atomic E-state index is 0.112. The highest BCUT2D eigenvalue weighted by Crippen LogP contribution is 2.12. The predicted octanol–water partition coefficient (Wildman–Crippen LogP) is 0.948. The molecular weight excluding hydrogens is 325 g/mol. The molecule has 0 aliphatic carbocycles. The fourth-order valence-corrected chi connectivity index (χ4v) is 1.96. The second-order valence-corrected chi connectivity index (χ2v) is 4.76. The van der Waals surface area contributed by atoms with Gasteiger partial charge in [-0.05, 0) is 6.42 Å². The van der Waals surface area contributed by atoms with Gasteiger partial charge in [-0.15, -0.1) is 0 Å².